The fraction of sp³-hybridized carbons (Fsp3) is 0.185. The van der Waals surface area contributed by atoms with Gasteiger partial charge >= 0.3 is 0 Å². The zero-order valence-corrected chi connectivity index (χ0v) is 19.8. The summed E-state index contributed by atoms with van der Waals surface area (Å²) in [5.74, 6) is -0.302. The van der Waals surface area contributed by atoms with Gasteiger partial charge in [0.15, 0.2) is 0 Å². The topological polar surface area (TPSA) is 76.1 Å². The lowest BCUT2D eigenvalue weighted by atomic mass is 9.94. The van der Waals surface area contributed by atoms with E-state index in [9.17, 15) is 14.7 Å². The number of rotatable bonds is 6. The number of Topliss-reactive ketones (excluding diaryl/α,β-unsaturated/α-hetero) is 1. The lowest BCUT2D eigenvalue weighted by Crippen LogP contribution is -2.29. The van der Waals surface area contributed by atoms with Gasteiger partial charge in [-0.15, -0.1) is 0 Å². The van der Waals surface area contributed by atoms with Crippen LogP contribution >= 0.6 is 11.6 Å². The number of carbonyl (C=O) groups excluding carboxylic acids is 2. The Labute approximate surface area is 203 Å². The van der Waals surface area contributed by atoms with Crippen molar-refractivity contribution in [3.8, 4) is 11.5 Å². The zero-order chi connectivity index (χ0) is 24.4. The number of nitrogens with zero attached hydrogens (tertiary/aromatic N) is 1. The van der Waals surface area contributed by atoms with Crippen molar-refractivity contribution < 1.29 is 24.2 Å². The van der Waals surface area contributed by atoms with Crippen LogP contribution in [0.1, 0.15) is 28.3 Å². The molecule has 0 radical (unpaired) electrons. The van der Waals surface area contributed by atoms with Crippen molar-refractivity contribution in [2.75, 3.05) is 14.2 Å². The second kappa shape index (κ2) is 9.61. The highest BCUT2D eigenvalue weighted by atomic mass is 35.5. The normalized spacial score (nSPS) is 17.2. The van der Waals surface area contributed by atoms with Gasteiger partial charge in [-0.25, -0.2) is 0 Å². The number of benzene rings is 3. The summed E-state index contributed by atoms with van der Waals surface area (Å²) in [5, 5.41) is 11.8. The van der Waals surface area contributed by atoms with E-state index >= 15 is 0 Å². The van der Waals surface area contributed by atoms with E-state index in [1.807, 2.05) is 19.1 Å². The van der Waals surface area contributed by atoms with E-state index in [0.717, 1.165) is 11.1 Å². The minimum Gasteiger partial charge on any atom is -0.507 e. The van der Waals surface area contributed by atoms with Crippen LogP contribution in [0, 0.1) is 6.92 Å². The molecule has 4 rings (SSSR count). The van der Waals surface area contributed by atoms with E-state index in [1.165, 1.54) is 4.90 Å². The molecule has 0 aliphatic carbocycles. The van der Waals surface area contributed by atoms with Crippen LogP contribution in [-0.4, -0.2) is 35.9 Å². The maximum Gasteiger partial charge on any atom is 0.295 e. The van der Waals surface area contributed by atoms with Crippen molar-refractivity contribution in [2.24, 2.45) is 0 Å². The van der Waals surface area contributed by atoms with E-state index in [1.54, 1.807) is 68.8 Å². The lowest BCUT2D eigenvalue weighted by molar-refractivity contribution is -0.140. The number of methoxy groups -OCH3 is 2. The van der Waals surface area contributed by atoms with Crippen LogP contribution in [0.25, 0.3) is 5.76 Å². The molecular formula is C27H24ClNO5. The molecule has 1 unspecified atom stereocenters. The fourth-order valence-corrected chi connectivity index (χ4v) is 4.27. The molecule has 1 atom stereocenters. The summed E-state index contributed by atoms with van der Waals surface area (Å²) in [4.78, 5) is 27.8. The lowest BCUT2D eigenvalue weighted by Gasteiger charge is -2.25. The average Bonchev–Trinajstić information content (AvgIpc) is 3.09. The van der Waals surface area contributed by atoms with Crippen LogP contribution in [0.4, 0.5) is 0 Å². The maximum atomic E-state index is 13.2. The number of hydrogen-bond acceptors (Lipinski definition) is 5. The molecule has 0 aromatic heterocycles. The minimum absolute atomic E-state index is 0.0328. The summed E-state index contributed by atoms with van der Waals surface area (Å²) < 4.78 is 10.5. The summed E-state index contributed by atoms with van der Waals surface area (Å²) in [5.41, 5.74) is 2.75. The Morgan fingerprint density at radius 1 is 0.971 bits per heavy atom. The number of hydrogen-bond donors (Lipinski definition) is 1. The Balaban J connectivity index is 1.83. The molecular weight excluding hydrogens is 454 g/mol. The van der Waals surface area contributed by atoms with E-state index < -0.39 is 17.7 Å². The van der Waals surface area contributed by atoms with Gasteiger partial charge in [-0.05, 0) is 66.1 Å². The zero-order valence-electron chi connectivity index (χ0n) is 19.0. The van der Waals surface area contributed by atoms with Crippen molar-refractivity contribution >= 4 is 29.1 Å². The van der Waals surface area contributed by atoms with Crippen LogP contribution in [0.2, 0.25) is 5.02 Å². The number of likely N-dealkylation sites (tertiary alicyclic amines) is 1. The van der Waals surface area contributed by atoms with Crippen LogP contribution in [0.15, 0.2) is 72.3 Å². The first-order chi connectivity index (χ1) is 16.3. The van der Waals surface area contributed by atoms with Gasteiger partial charge in [-0.2, -0.15) is 0 Å². The molecule has 3 aromatic rings. The quantitative estimate of drug-likeness (QED) is 0.296. The van der Waals surface area contributed by atoms with Gasteiger partial charge in [0.05, 0.1) is 25.8 Å². The van der Waals surface area contributed by atoms with Gasteiger partial charge in [-0.3, -0.25) is 9.59 Å². The summed E-state index contributed by atoms with van der Waals surface area (Å²) in [6.07, 6.45) is 0. The second-order valence-electron chi connectivity index (χ2n) is 8.01. The summed E-state index contributed by atoms with van der Waals surface area (Å²) in [7, 11) is 3.14. The van der Waals surface area contributed by atoms with Crippen molar-refractivity contribution in [2.45, 2.75) is 19.5 Å². The Bertz CT molecular complexity index is 1270. The van der Waals surface area contributed by atoms with Crippen molar-refractivity contribution in [1.29, 1.82) is 0 Å². The van der Waals surface area contributed by atoms with Crippen molar-refractivity contribution in [3.05, 3.63) is 99.6 Å². The highest BCUT2D eigenvalue weighted by molar-refractivity contribution is 6.46. The number of carbonyl (C=O) groups is 2. The minimum atomic E-state index is -0.776. The molecule has 1 aliphatic heterocycles. The van der Waals surface area contributed by atoms with E-state index in [4.69, 9.17) is 21.1 Å². The standard InChI is InChI=1S/C27H24ClNO5/c1-16-14-19(8-13-22(16)34-3)25(30)23-24(18-6-9-20(28)10-7-18)29(27(32)26(23)31)15-17-4-11-21(33-2)12-5-17/h4-14,24,30H,15H2,1-3H3/b25-23-. The highest BCUT2D eigenvalue weighted by Gasteiger charge is 2.46. The molecule has 6 nitrogen and oxygen atoms in total. The first-order valence-corrected chi connectivity index (χ1v) is 11.0. The van der Waals surface area contributed by atoms with Gasteiger partial charge in [0.25, 0.3) is 11.7 Å². The van der Waals surface area contributed by atoms with Gasteiger partial charge < -0.3 is 19.5 Å². The molecule has 34 heavy (non-hydrogen) atoms. The molecule has 1 saturated heterocycles. The van der Waals surface area contributed by atoms with Crippen LogP contribution in [-0.2, 0) is 16.1 Å². The number of halogens is 1. The first-order valence-electron chi connectivity index (χ1n) is 10.7. The molecule has 1 aliphatic rings. The number of ketones is 1. The summed E-state index contributed by atoms with van der Waals surface area (Å²) in [6.45, 7) is 2.02. The third-order valence-electron chi connectivity index (χ3n) is 5.91. The Morgan fingerprint density at radius 3 is 2.24 bits per heavy atom. The molecule has 1 amide bonds. The molecule has 3 aromatic carbocycles. The SMILES string of the molecule is COc1ccc(CN2C(=O)C(=O)/C(=C(\O)c3ccc(OC)c(C)c3)C2c2ccc(Cl)cc2)cc1. The van der Waals surface area contributed by atoms with Crippen LogP contribution in [0.3, 0.4) is 0 Å². The highest BCUT2D eigenvalue weighted by Crippen LogP contribution is 2.41. The Hall–Kier alpha value is -3.77. The predicted molar refractivity (Wildman–Crippen MR) is 130 cm³/mol. The number of ether oxygens (including phenoxy) is 2. The molecule has 174 valence electrons. The number of aryl methyl sites for hydroxylation is 1. The van der Waals surface area contributed by atoms with Crippen molar-refractivity contribution in [1.82, 2.24) is 4.90 Å². The van der Waals surface area contributed by atoms with E-state index in [-0.39, 0.29) is 17.9 Å². The summed E-state index contributed by atoms with van der Waals surface area (Å²) >= 11 is 6.08. The summed E-state index contributed by atoms with van der Waals surface area (Å²) in [6, 6.07) is 18.5. The van der Waals surface area contributed by atoms with Gasteiger partial charge in [0.1, 0.15) is 17.3 Å². The van der Waals surface area contributed by atoms with Crippen molar-refractivity contribution in [3.63, 3.8) is 0 Å². The molecule has 0 spiro atoms. The molecule has 1 fully saturated rings. The van der Waals surface area contributed by atoms with Gasteiger partial charge in [-0.1, -0.05) is 35.9 Å². The Kier molecular flexibility index (Phi) is 6.61. The average molecular weight is 478 g/mol. The fourth-order valence-electron chi connectivity index (χ4n) is 4.14. The van der Waals surface area contributed by atoms with Crippen LogP contribution < -0.4 is 9.47 Å². The van der Waals surface area contributed by atoms with E-state index in [0.29, 0.717) is 27.6 Å². The third kappa shape index (κ3) is 4.37. The number of aliphatic hydroxyl groups is 1. The Morgan fingerprint density at radius 2 is 1.65 bits per heavy atom. The van der Waals surface area contributed by atoms with Crippen LogP contribution in [0.5, 0.6) is 11.5 Å². The third-order valence-corrected chi connectivity index (χ3v) is 6.16. The molecule has 7 heteroatoms. The maximum absolute atomic E-state index is 13.2. The van der Waals surface area contributed by atoms with Gasteiger partial charge in [0, 0.05) is 17.1 Å². The number of aliphatic hydroxyl groups excluding tert-OH is 1. The number of amides is 1. The molecule has 1 N–H and O–H groups in total. The second-order valence-corrected chi connectivity index (χ2v) is 8.45. The molecule has 0 bridgehead atoms. The monoisotopic (exact) mass is 477 g/mol. The van der Waals surface area contributed by atoms with Gasteiger partial charge in [0.2, 0.25) is 0 Å². The molecule has 0 saturated carbocycles. The van der Waals surface area contributed by atoms with E-state index in [2.05, 4.69) is 0 Å². The largest absolute Gasteiger partial charge is 0.507 e. The predicted octanol–water partition coefficient (Wildman–Crippen LogP) is 5.29. The molecule has 1 heterocycles. The smallest absolute Gasteiger partial charge is 0.295 e. The first kappa shape index (κ1) is 23.4.